The first-order chi connectivity index (χ1) is 7.83. The van der Waals surface area contributed by atoms with Crippen molar-refractivity contribution in [2.45, 2.75) is 0 Å². The fourth-order valence-electron chi connectivity index (χ4n) is 0.855. The monoisotopic (exact) mass is 435 g/mol. The second-order valence-corrected chi connectivity index (χ2v) is 3.77. The van der Waals surface area contributed by atoms with Gasteiger partial charge in [-0.1, -0.05) is 21.1 Å². The van der Waals surface area contributed by atoms with Crippen LogP contribution in [0.2, 0.25) is 0 Å². The molecule has 6 heteroatoms. The van der Waals surface area contributed by atoms with Crippen LogP contribution in [0, 0.1) is 6.07 Å². The van der Waals surface area contributed by atoms with Crippen LogP contribution in [0.1, 0.15) is 0 Å². The van der Waals surface area contributed by atoms with Gasteiger partial charge in [-0.2, -0.15) is 24.4 Å². The van der Waals surface area contributed by atoms with Crippen LogP contribution in [-0.4, -0.2) is 0 Å². The molecule has 0 aliphatic heterocycles. The van der Waals surface area contributed by atoms with Crippen molar-refractivity contribution < 1.29 is 25.6 Å². The Labute approximate surface area is 119 Å². The van der Waals surface area contributed by atoms with Crippen molar-refractivity contribution in [3.8, 4) is 5.75 Å². The third-order valence-electron chi connectivity index (χ3n) is 1.50. The maximum absolute atomic E-state index is 10.2. The maximum Gasteiger partial charge on any atom is 2.00 e. The molecule has 2 unspecified atom stereocenters. The molecule has 0 fully saturated rings. The van der Waals surface area contributed by atoms with Crippen molar-refractivity contribution >= 4 is 17.4 Å². The van der Waals surface area contributed by atoms with E-state index in [0.29, 0.717) is 8.50 Å². The van der Waals surface area contributed by atoms with Crippen LogP contribution in [0.25, 0.3) is 0 Å². The van der Waals surface area contributed by atoms with Gasteiger partial charge in [-0.25, -0.2) is 0 Å². The molecule has 2 aromatic rings. The number of benzene rings is 1. The van der Waals surface area contributed by atoms with Gasteiger partial charge in [-0.3, -0.25) is 0 Å². The number of nitrogens with zero attached hydrogens (tertiary/aromatic N) is 1. The summed E-state index contributed by atoms with van der Waals surface area (Å²) in [6.45, 7) is 0. The first-order valence-electron chi connectivity index (χ1n) is 4.49. The van der Waals surface area contributed by atoms with Crippen LogP contribution in [0.4, 0.5) is 0 Å². The molecular weight excluding hydrogens is 424 g/mol. The first kappa shape index (κ1) is 16.5. The van der Waals surface area contributed by atoms with Gasteiger partial charge < -0.3 is 14.3 Å². The van der Waals surface area contributed by atoms with Crippen molar-refractivity contribution in [3.05, 3.63) is 65.1 Å². The predicted molar refractivity (Wildman–Crippen MR) is 70.0 cm³/mol. The van der Waals surface area contributed by atoms with Gasteiger partial charge in [0.15, 0.2) is 0 Å². The number of hydrogen-bond donors (Lipinski definition) is 0. The summed E-state index contributed by atoms with van der Waals surface area (Å²) in [5.74, 6) is 0.905. The van der Waals surface area contributed by atoms with E-state index in [9.17, 15) is 4.79 Å². The number of aromatic nitrogens is 1. The SMILES string of the molecule is O=c1cccc[n-]1.PPOc1cc[c-]cc1.[W+2]. The van der Waals surface area contributed by atoms with Crippen molar-refractivity contribution in [2.75, 3.05) is 0 Å². The summed E-state index contributed by atoms with van der Waals surface area (Å²) < 4.78 is 5.18. The smallest absolute Gasteiger partial charge is 0.629 e. The Hall–Kier alpha value is -0.482. The molecule has 1 heterocycles. The van der Waals surface area contributed by atoms with Crippen LogP contribution in [0.15, 0.2) is 53.5 Å². The van der Waals surface area contributed by atoms with E-state index >= 15 is 0 Å². The molecule has 0 N–H and O–H groups in total. The fraction of sp³-hybridized carbons (Fsp3) is 0. The van der Waals surface area contributed by atoms with Crippen molar-refractivity contribution in [3.63, 3.8) is 0 Å². The summed E-state index contributed by atoms with van der Waals surface area (Å²) in [4.78, 5) is 13.6. The number of rotatable bonds is 2. The summed E-state index contributed by atoms with van der Waals surface area (Å²) in [5.41, 5.74) is -0.178. The van der Waals surface area contributed by atoms with Crippen molar-refractivity contribution in [2.24, 2.45) is 0 Å². The Morgan fingerprint density at radius 3 is 2.35 bits per heavy atom. The Morgan fingerprint density at radius 1 is 1.24 bits per heavy atom. The maximum atomic E-state index is 10.2. The minimum absolute atomic E-state index is 0. The second kappa shape index (κ2) is 10.7. The average molecular weight is 435 g/mol. The topological polar surface area (TPSA) is 40.4 Å². The van der Waals surface area contributed by atoms with E-state index in [1.54, 1.807) is 12.1 Å². The standard InChI is InChI=1S/C6H7OP2.C5H5NO.W/c8-9-7-6-4-2-1-3-5-6;7-5-3-1-2-4-6-5;/h2-5,9H,8H2;1-4H,(H,6,7);/q-1;;+2/p-1. The molecule has 0 saturated heterocycles. The summed E-state index contributed by atoms with van der Waals surface area (Å²) in [5, 5.41) is 0. The molecule has 0 aliphatic carbocycles. The number of pyridine rings is 1. The molecule has 0 aliphatic rings. The van der Waals surface area contributed by atoms with E-state index in [1.807, 2.05) is 24.3 Å². The van der Waals surface area contributed by atoms with Crippen LogP contribution in [-0.2, 0) is 21.1 Å². The van der Waals surface area contributed by atoms with E-state index in [-0.39, 0.29) is 26.6 Å². The number of hydrogen-bond acceptors (Lipinski definition) is 2. The molecule has 0 bridgehead atoms. The molecule has 2 atom stereocenters. The third-order valence-corrected chi connectivity index (χ3v) is 2.21. The molecule has 3 nitrogen and oxygen atoms in total. The molecule has 1 aromatic carbocycles. The van der Waals surface area contributed by atoms with Gasteiger partial charge in [0.25, 0.3) is 0 Å². The average Bonchev–Trinajstić information content (AvgIpc) is 2.33. The molecule has 0 saturated carbocycles. The van der Waals surface area contributed by atoms with Gasteiger partial charge in [0.2, 0.25) is 0 Å². The third kappa shape index (κ3) is 8.27. The minimum Gasteiger partial charge on any atom is -0.629 e. The molecule has 1 aromatic heterocycles. The van der Waals surface area contributed by atoms with Crippen LogP contribution in [0.3, 0.4) is 0 Å². The fourth-order valence-corrected chi connectivity index (χ4v) is 1.54. The van der Waals surface area contributed by atoms with Crippen molar-refractivity contribution in [1.82, 2.24) is 4.98 Å². The first-order valence-corrected chi connectivity index (χ1v) is 7.21. The zero-order valence-electron chi connectivity index (χ0n) is 8.87. The summed E-state index contributed by atoms with van der Waals surface area (Å²) >= 11 is 0. The predicted octanol–water partition coefficient (Wildman–Crippen LogP) is 2.25. The Bertz CT molecular complexity index is 433. The quantitative estimate of drug-likeness (QED) is 0.537. The van der Waals surface area contributed by atoms with E-state index < -0.39 is 0 Å². The molecule has 17 heavy (non-hydrogen) atoms. The molecular formula is C11H11NO2P2W. The van der Waals surface area contributed by atoms with Gasteiger partial charge in [0.05, 0.1) is 14.1 Å². The van der Waals surface area contributed by atoms with Gasteiger partial charge in [0, 0.05) is 5.75 Å². The Balaban J connectivity index is 0.000000292. The summed E-state index contributed by atoms with van der Waals surface area (Å²) in [6, 6.07) is 15.1. The zero-order valence-corrected chi connectivity index (χ0v) is 14.0. The molecule has 0 radical (unpaired) electrons. The summed E-state index contributed by atoms with van der Waals surface area (Å²) in [6.07, 6.45) is 1.47. The Kier molecular flexibility index (Phi) is 10.4. The van der Waals surface area contributed by atoms with Crippen molar-refractivity contribution in [1.29, 1.82) is 0 Å². The minimum atomic E-state index is -0.178. The Morgan fingerprint density at radius 2 is 1.94 bits per heavy atom. The van der Waals surface area contributed by atoms with E-state index in [0.717, 1.165) is 5.75 Å². The molecule has 0 spiro atoms. The van der Waals surface area contributed by atoms with E-state index in [2.05, 4.69) is 20.0 Å². The van der Waals surface area contributed by atoms with Gasteiger partial charge in [-0.05, 0) is 6.07 Å². The normalized spacial score (nSPS) is 9.00. The van der Waals surface area contributed by atoms with E-state index in [4.69, 9.17) is 4.52 Å². The molecule has 88 valence electrons. The second-order valence-electron chi connectivity index (χ2n) is 2.62. The van der Waals surface area contributed by atoms with Crippen LogP contribution >= 0.6 is 17.4 Å². The zero-order chi connectivity index (χ0) is 11.6. The van der Waals surface area contributed by atoms with E-state index in [1.165, 1.54) is 12.3 Å². The largest absolute Gasteiger partial charge is 2.00 e. The summed E-state index contributed by atoms with van der Waals surface area (Å²) in [7, 11) is 2.96. The van der Waals surface area contributed by atoms with Gasteiger partial charge >= 0.3 is 21.1 Å². The molecule has 0 amide bonds. The molecule has 2 rings (SSSR count). The van der Waals surface area contributed by atoms with Gasteiger partial charge in [-0.15, -0.1) is 12.1 Å². The van der Waals surface area contributed by atoms with Gasteiger partial charge in [0.1, 0.15) is 0 Å². The van der Waals surface area contributed by atoms with Crippen LogP contribution in [0.5, 0.6) is 5.75 Å². The van der Waals surface area contributed by atoms with Crippen LogP contribution < -0.4 is 15.1 Å².